The molecule has 2 heteroatoms. The highest BCUT2D eigenvalue weighted by molar-refractivity contribution is 5.62. The number of carbonyl (C=O) groups excluding carboxylic acids is 1. The highest BCUT2D eigenvalue weighted by Gasteiger charge is 2.06. The second kappa shape index (κ2) is 4.42. The topological polar surface area (TPSA) is 40.9 Å². The van der Waals surface area contributed by atoms with Crippen LogP contribution in [-0.2, 0) is 4.79 Å². The highest BCUT2D eigenvalue weighted by Crippen LogP contribution is 2.17. The maximum Gasteiger partial charge on any atom is 0.127 e. The number of aldehydes is 1. The van der Waals surface area contributed by atoms with E-state index in [1.807, 2.05) is 25.1 Å². The van der Waals surface area contributed by atoms with Gasteiger partial charge in [0.25, 0.3) is 0 Å². The molecule has 1 atom stereocenters. The summed E-state index contributed by atoms with van der Waals surface area (Å²) in [5.74, 6) is -0.0345. The molecule has 0 aliphatic heterocycles. The van der Waals surface area contributed by atoms with Gasteiger partial charge in [-0.3, -0.25) is 0 Å². The van der Waals surface area contributed by atoms with Gasteiger partial charge in [0.2, 0.25) is 0 Å². The van der Waals surface area contributed by atoms with Crippen LogP contribution in [-0.4, -0.2) is 6.29 Å². The lowest BCUT2D eigenvalue weighted by Gasteiger charge is -2.06. The predicted octanol–water partition coefficient (Wildman–Crippen LogP) is 2.25. The van der Waals surface area contributed by atoms with E-state index in [-0.39, 0.29) is 5.92 Å². The Kier molecular flexibility index (Phi) is 3.22. The fourth-order valence-electron chi connectivity index (χ4n) is 1.22. The number of hydrogen-bond acceptors (Lipinski definition) is 2. The predicted molar refractivity (Wildman–Crippen MR) is 50.3 cm³/mol. The van der Waals surface area contributed by atoms with Gasteiger partial charge in [0.05, 0.1) is 11.6 Å². The van der Waals surface area contributed by atoms with Gasteiger partial charge in [0, 0.05) is 5.92 Å². The van der Waals surface area contributed by atoms with E-state index in [1.54, 1.807) is 12.1 Å². The fourth-order valence-corrected chi connectivity index (χ4v) is 1.22. The monoisotopic (exact) mass is 173 g/mol. The quantitative estimate of drug-likeness (QED) is 0.658. The summed E-state index contributed by atoms with van der Waals surface area (Å²) in [6, 6.07) is 9.18. The van der Waals surface area contributed by atoms with Gasteiger partial charge < -0.3 is 4.79 Å². The SMILES string of the molecule is CCC(C=O)c1ccc(C#N)cc1. The van der Waals surface area contributed by atoms with Crippen molar-refractivity contribution < 1.29 is 4.79 Å². The third kappa shape index (κ3) is 2.16. The van der Waals surface area contributed by atoms with E-state index in [0.717, 1.165) is 18.3 Å². The molecular weight excluding hydrogens is 162 g/mol. The van der Waals surface area contributed by atoms with Crippen LogP contribution in [0.1, 0.15) is 30.4 Å². The van der Waals surface area contributed by atoms with E-state index in [0.29, 0.717) is 5.56 Å². The fraction of sp³-hybridized carbons (Fsp3) is 0.273. The first-order valence-electron chi connectivity index (χ1n) is 4.27. The molecular formula is C11H11NO. The minimum Gasteiger partial charge on any atom is -0.303 e. The standard InChI is InChI=1S/C11H11NO/c1-2-10(8-13)11-5-3-9(7-12)4-6-11/h3-6,8,10H,2H2,1H3. The number of hydrogen-bond donors (Lipinski definition) is 0. The number of benzene rings is 1. The largest absolute Gasteiger partial charge is 0.303 e. The summed E-state index contributed by atoms with van der Waals surface area (Å²) in [6.07, 6.45) is 1.75. The minimum absolute atomic E-state index is 0.0345. The van der Waals surface area contributed by atoms with Crippen molar-refractivity contribution in [3.8, 4) is 6.07 Å². The molecule has 1 aromatic rings. The Morgan fingerprint density at radius 3 is 2.46 bits per heavy atom. The van der Waals surface area contributed by atoms with Crippen molar-refractivity contribution in [3.63, 3.8) is 0 Å². The van der Waals surface area contributed by atoms with Gasteiger partial charge in [0.15, 0.2) is 0 Å². The normalized spacial score (nSPS) is 11.7. The van der Waals surface area contributed by atoms with Gasteiger partial charge in [-0.1, -0.05) is 19.1 Å². The molecule has 0 amide bonds. The van der Waals surface area contributed by atoms with E-state index in [4.69, 9.17) is 5.26 Å². The molecule has 1 unspecified atom stereocenters. The van der Waals surface area contributed by atoms with Crippen molar-refractivity contribution in [2.24, 2.45) is 0 Å². The molecule has 0 N–H and O–H groups in total. The maximum absolute atomic E-state index is 10.6. The van der Waals surface area contributed by atoms with Crippen LogP contribution >= 0.6 is 0 Å². The highest BCUT2D eigenvalue weighted by atomic mass is 16.1. The smallest absolute Gasteiger partial charge is 0.127 e. The second-order valence-corrected chi connectivity index (χ2v) is 2.88. The maximum atomic E-state index is 10.6. The average Bonchev–Trinajstić information content (AvgIpc) is 2.21. The molecule has 66 valence electrons. The van der Waals surface area contributed by atoms with Crippen molar-refractivity contribution in [1.29, 1.82) is 5.26 Å². The van der Waals surface area contributed by atoms with Crippen molar-refractivity contribution in [2.45, 2.75) is 19.3 Å². The Morgan fingerprint density at radius 1 is 1.46 bits per heavy atom. The van der Waals surface area contributed by atoms with Crippen LogP contribution in [0.15, 0.2) is 24.3 Å². The molecule has 0 aliphatic rings. The summed E-state index contributed by atoms with van der Waals surface area (Å²) in [6.45, 7) is 1.97. The molecule has 13 heavy (non-hydrogen) atoms. The summed E-state index contributed by atoms with van der Waals surface area (Å²) >= 11 is 0. The van der Waals surface area contributed by atoms with E-state index in [2.05, 4.69) is 0 Å². The number of nitrogens with zero attached hydrogens (tertiary/aromatic N) is 1. The van der Waals surface area contributed by atoms with E-state index in [1.165, 1.54) is 0 Å². The average molecular weight is 173 g/mol. The van der Waals surface area contributed by atoms with Crippen molar-refractivity contribution in [3.05, 3.63) is 35.4 Å². The molecule has 0 radical (unpaired) electrons. The van der Waals surface area contributed by atoms with Crippen molar-refractivity contribution in [2.75, 3.05) is 0 Å². The zero-order chi connectivity index (χ0) is 9.68. The van der Waals surface area contributed by atoms with Crippen LogP contribution < -0.4 is 0 Å². The van der Waals surface area contributed by atoms with Gasteiger partial charge in [-0.25, -0.2) is 0 Å². The number of nitriles is 1. The van der Waals surface area contributed by atoms with Crippen LogP contribution in [0.25, 0.3) is 0 Å². The Hall–Kier alpha value is -1.62. The molecule has 0 aliphatic carbocycles. The van der Waals surface area contributed by atoms with Gasteiger partial charge in [-0.2, -0.15) is 5.26 Å². The van der Waals surface area contributed by atoms with Crippen LogP contribution in [0.4, 0.5) is 0 Å². The Balaban J connectivity index is 2.91. The van der Waals surface area contributed by atoms with Gasteiger partial charge >= 0.3 is 0 Å². The molecule has 0 heterocycles. The summed E-state index contributed by atoms with van der Waals surface area (Å²) in [5.41, 5.74) is 1.61. The lowest BCUT2D eigenvalue weighted by atomic mass is 9.97. The first-order valence-corrected chi connectivity index (χ1v) is 4.27. The molecule has 0 fully saturated rings. The van der Waals surface area contributed by atoms with Gasteiger partial charge in [-0.05, 0) is 24.1 Å². The molecule has 0 spiro atoms. The van der Waals surface area contributed by atoms with Crippen LogP contribution in [0.2, 0.25) is 0 Å². The lowest BCUT2D eigenvalue weighted by Crippen LogP contribution is -1.97. The van der Waals surface area contributed by atoms with E-state index >= 15 is 0 Å². The van der Waals surface area contributed by atoms with Gasteiger partial charge in [-0.15, -0.1) is 0 Å². The van der Waals surface area contributed by atoms with Crippen molar-refractivity contribution >= 4 is 6.29 Å². The summed E-state index contributed by atoms with van der Waals surface area (Å²) in [5, 5.41) is 8.56. The van der Waals surface area contributed by atoms with Crippen molar-refractivity contribution in [1.82, 2.24) is 0 Å². The van der Waals surface area contributed by atoms with Crippen LogP contribution in [0.3, 0.4) is 0 Å². The zero-order valence-electron chi connectivity index (χ0n) is 7.53. The first-order chi connectivity index (χ1) is 6.31. The second-order valence-electron chi connectivity index (χ2n) is 2.88. The van der Waals surface area contributed by atoms with Gasteiger partial charge in [0.1, 0.15) is 6.29 Å². The molecule has 1 rings (SSSR count). The summed E-state index contributed by atoms with van der Waals surface area (Å²) < 4.78 is 0. The number of carbonyl (C=O) groups is 1. The lowest BCUT2D eigenvalue weighted by molar-refractivity contribution is -0.109. The van der Waals surface area contributed by atoms with E-state index in [9.17, 15) is 4.79 Å². The third-order valence-corrected chi connectivity index (χ3v) is 2.07. The van der Waals surface area contributed by atoms with E-state index < -0.39 is 0 Å². The molecule has 0 saturated carbocycles. The molecule has 0 saturated heterocycles. The van der Waals surface area contributed by atoms with Crippen LogP contribution in [0.5, 0.6) is 0 Å². The zero-order valence-corrected chi connectivity index (χ0v) is 7.53. The Bertz CT molecular complexity index is 321. The Morgan fingerprint density at radius 2 is 2.08 bits per heavy atom. The molecule has 2 nitrogen and oxygen atoms in total. The minimum atomic E-state index is -0.0345. The molecule has 1 aromatic carbocycles. The van der Waals surface area contributed by atoms with Crippen LogP contribution in [0, 0.1) is 11.3 Å². The first kappa shape index (κ1) is 9.47. The summed E-state index contributed by atoms with van der Waals surface area (Å²) in [7, 11) is 0. The number of rotatable bonds is 3. The Labute approximate surface area is 77.8 Å². The molecule has 0 bridgehead atoms. The summed E-state index contributed by atoms with van der Waals surface area (Å²) in [4.78, 5) is 10.6. The third-order valence-electron chi connectivity index (χ3n) is 2.07. The molecule has 0 aromatic heterocycles.